The second kappa shape index (κ2) is 8.41. The number of thioether (sulfide) groups is 1. The molecule has 22 heavy (non-hydrogen) atoms. The van der Waals surface area contributed by atoms with Crippen molar-refractivity contribution in [3.63, 3.8) is 0 Å². The number of guanidine groups is 1. The zero-order valence-electron chi connectivity index (χ0n) is 14.7. The summed E-state index contributed by atoms with van der Waals surface area (Å²) in [6.45, 7) is 12.2. The molecule has 1 rings (SSSR count). The topological polar surface area (TPSA) is 81.1 Å². The summed E-state index contributed by atoms with van der Waals surface area (Å²) < 4.78 is 2.22. The lowest BCUT2D eigenvalue weighted by Crippen LogP contribution is -2.45. The van der Waals surface area contributed by atoms with Crippen LogP contribution in [0.3, 0.4) is 0 Å². The molecule has 0 aliphatic heterocycles. The van der Waals surface area contributed by atoms with E-state index in [1.165, 1.54) is 0 Å². The Labute approximate surface area is 138 Å². The van der Waals surface area contributed by atoms with E-state index < -0.39 is 0 Å². The van der Waals surface area contributed by atoms with E-state index in [1.54, 1.807) is 11.8 Å². The molecule has 0 aliphatic rings. The van der Waals surface area contributed by atoms with Gasteiger partial charge in [0.1, 0.15) is 5.82 Å². The lowest BCUT2D eigenvalue weighted by molar-refractivity contribution is 0.477. The Bertz CT molecular complexity index is 487. The summed E-state index contributed by atoms with van der Waals surface area (Å²) >= 11 is 1.64. The predicted octanol–water partition coefficient (Wildman–Crippen LogP) is 2.29. The van der Waals surface area contributed by atoms with Crippen molar-refractivity contribution < 1.29 is 0 Å². The fourth-order valence-corrected chi connectivity index (χ4v) is 2.59. The number of aromatic nitrogens is 3. The van der Waals surface area contributed by atoms with Gasteiger partial charge in [0.05, 0.1) is 0 Å². The van der Waals surface area contributed by atoms with Gasteiger partial charge in [0.2, 0.25) is 0 Å². The van der Waals surface area contributed by atoms with Crippen LogP contribution >= 0.6 is 11.8 Å². The molecule has 0 aliphatic carbocycles. The molecule has 0 spiro atoms. The number of aliphatic imine (C=N–C) groups is 1. The van der Waals surface area contributed by atoms with Gasteiger partial charge in [0, 0.05) is 25.0 Å². The van der Waals surface area contributed by atoms with Gasteiger partial charge >= 0.3 is 0 Å². The maximum Gasteiger partial charge on any atom is 0.190 e. The normalized spacial score (nSPS) is 13.0. The molecule has 0 fully saturated rings. The van der Waals surface area contributed by atoms with Gasteiger partial charge in [-0.15, -0.1) is 10.2 Å². The van der Waals surface area contributed by atoms with Crippen LogP contribution in [0.15, 0.2) is 10.1 Å². The largest absolute Gasteiger partial charge is 0.370 e. The molecule has 3 N–H and O–H groups in total. The van der Waals surface area contributed by atoms with Crippen LogP contribution in [0.1, 0.15) is 46.9 Å². The van der Waals surface area contributed by atoms with Crippen molar-refractivity contribution in [2.24, 2.45) is 16.6 Å². The highest BCUT2D eigenvalue weighted by atomic mass is 32.2. The van der Waals surface area contributed by atoms with Gasteiger partial charge in [0.15, 0.2) is 11.1 Å². The van der Waals surface area contributed by atoms with Gasteiger partial charge in [-0.05, 0) is 39.4 Å². The molecule has 0 aromatic carbocycles. The van der Waals surface area contributed by atoms with Crippen molar-refractivity contribution in [1.29, 1.82) is 0 Å². The van der Waals surface area contributed by atoms with Crippen molar-refractivity contribution in [1.82, 2.24) is 20.1 Å². The van der Waals surface area contributed by atoms with E-state index in [0.29, 0.717) is 18.4 Å². The maximum absolute atomic E-state index is 5.86. The third-order valence-corrected chi connectivity index (χ3v) is 3.53. The van der Waals surface area contributed by atoms with Crippen molar-refractivity contribution >= 4 is 17.7 Å². The third-order valence-electron chi connectivity index (χ3n) is 2.87. The summed E-state index contributed by atoms with van der Waals surface area (Å²) in [5, 5.41) is 12.7. The third kappa shape index (κ3) is 6.68. The molecule has 0 bridgehead atoms. The summed E-state index contributed by atoms with van der Waals surface area (Å²) in [5.41, 5.74) is 5.81. The first-order chi connectivity index (χ1) is 10.2. The number of rotatable bonds is 7. The minimum Gasteiger partial charge on any atom is -0.370 e. The Morgan fingerprint density at radius 3 is 2.59 bits per heavy atom. The van der Waals surface area contributed by atoms with Gasteiger partial charge in [-0.2, -0.15) is 0 Å². The van der Waals surface area contributed by atoms with Crippen LogP contribution in [0, 0.1) is 5.92 Å². The maximum atomic E-state index is 5.86. The van der Waals surface area contributed by atoms with Gasteiger partial charge in [0.25, 0.3) is 0 Å². The Balaban J connectivity index is 2.55. The SMILES string of the molecule is CSc1nnc(CCCN=C(N)NC(C)(C)C)n1CC(C)C. The summed E-state index contributed by atoms with van der Waals surface area (Å²) in [4.78, 5) is 4.36. The van der Waals surface area contributed by atoms with Crippen LogP contribution in [-0.2, 0) is 13.0 Å². The predicted molar refractivity (Wildman–Crippen MR) is 94.3 cm³/mol. The quantitative estimate of drug-likeness (QED) is 0.348. The molecule has 6 nitrogen and oxygen atoms in total. The molecule has 1 aromatic heterocycles. The number of aryl methyl sites for hydroxylation is 1. The number of nitrogens with zero attached hydrogens (tertiary/aromatic N) is 4. The molecule has 1 heterocycles. The highest BCUT2D eigenvalue weighted by Crippen LogP contribution is 2.16. The average Bonchev–Trinajstić information content (AvgIpc) is 2.74. The van der Waals surface area contributed by atoms with E-state index in [1.807, 2.05) is 6.26 Å². The van der Waals surface area contributed by atoms with Crippen LogP contribution < -0.4 is 11.1 Å². The Hall–Kier alpha value is -1.24. The minimum absolute atomic E-state index is 0.0573. The van der Waals surface area contributed by atoms with Gasteiger partial charge in [-0.25, -0.2) is 0 Å². The molecular weight excluding hydrogens is 296 g/mol. The van der Waals surface area contributed by atoms with E-state index in [0.717, 1.165) is 30.4 Å². The smallest absolute Gasteiger partial charge is 0.190 e. The number of hydrogen-bond acceptors (Lipinski definition) is 4. The Morgan fingerprint density at radius 2 is 2.05 bits per heavy atom. The lowest BCUT2D eigenvalue weighted by Gasteiger charge is -2.20. The van der Waals surface area contributed by atoms with Gasteiger partial charge < -0.3 is 15.6 Å². The molecule has 0 atom stereocenters. The summed E-state index contributed by atoms with van der Waals surface area (Å²) in [7, 11) is 0. The number of nitrogens with two attached hydrogens (primary N) is 1. The van der Waals surface area contributed by atoms with Crippen LogP contribution in [-0.4, -0.2) is 39.1 Å². The molecule has 0 amide bonds. The first-order valence-corrected chi connectivity index (χ1v) is 8.99. The van der Waals surface area contributed by atoms with E-state index >= 15 is 0 Å². The van der Waals surface area contributed by atoms with E-state index in [2.05, 4.69) is 59.7 Å². The first-order valence-electron chi connectivity index (χ1n) is 7.77. The van der Waals surface area contributed by atoms with E-state index in [-0.39, 0.29) is 5.54 Å². The van der Waals surface area contributed by atoms with Crippen molar-refractivity contribution in [3.8, 4) is 0 Å². The second-order valence-corrected chi connectivity index (χ2v) is 7.63. The Morgan fingerprint density at radius 1 is 1.36 bits per heavy atom. The highest BCUT2D eigenvalue weighted by Gasteiger charge is 2.12. The fraction of sp³-hybridized carbons (Fsp3) is 0.800. The summed E-state index contributed by atoms with van der Waals surface area (Å²) in [6.07, 6.45) is 3.82. The molecule has 0 unspecified atom stereocenters. The van der Waals surface area contributed by atoms with E-state index in [9.17, 15) is 0 Å². The van der Waals surface area contributed by atoms with Crippen LogP contribution in [0.2, 0.25) is 0 Å². The molecular formula is C15H30N6S. The van der Waals surface area contributed by atoms with Gasteiger partial charge in [-0.1, -0.05) is 25.6 Å². The highest BCUT2D eigenvalue weighted by molar-refractivity contribution is 7.98. The summed E-state index contributed by atoms with van der Waals surface area (Å²) in [6, 6.07) is 0. The van der Waals surface area contributed by atoms with E-state index in [4.69, 9.17) is 5.73 Å². The van der Waals surface area contributed by atoms with Gasteiger partial charge in [-0.3, -0.25) is 4.99 Å². The lowest BCUT2D eigenvalue weighted by atomic mass is 10.1. The standard InChI is InChI=1S/C15H30N6S/c1-11(2)10-21-12(19-20-14(21)22-6)8-7-9-17-13(16)18-15(3,4)5/h11H,7-10H2,1-6H3,(H3,16,17,18). The van der Waals surface area contributed by atoms with Crippen molar-refractivity contribution in [3.05, 3.63) is 5.82 Å². The zero-order chi connectivity index (χ0) is 16.8. The molecule has 0 saturated carbocycles. The number of hydrogen-bond donors (Lipinski definition) is 2. The van der Waals surface area contributed by atoms with Crippen LogP contribution in [0.4, 0.5) is 0 Å². The molecule has 0 radical (unpaired) electrons. The van der Waals surface area contributed by atoms with Crippen LogP contribution in [0.25, 0.3) is 0 Å². The zero-order valence-corrected chi connectivity index (χ0v) is 15.5. The van der Waals surface area contributed by atoms with Crippen molar-refractivity contribution in [2.45, 2.75) is 64.7 Å². The molecule has 1 aromatic rings. The first kappa shape index (κ1) is 18.8. The molecule has 126 valence electrons. The molecule has 0 saturated heterocycles. The van der Waals surface area contributed by atoms with Crippen LogP contribution in [0.5, 0.6) is 0 Å². The second-order valence-electron chi connectivity index (χ2n) is 6.85. The number of nitrogens with one attached hydrogen (secondary N) is 1. The Kier molecular flexibility index (Phi) is 7.19. The monoisotopic (exact) mass is 326 g/mol. The van der Waals surface area contributed by atoms with Crippen molar-refractivity contribution in [2.75, 3.05) is 12.8 Å². The minimum atomic E-state index is -0.0573. The summed E-state index contributed by atoms with van der Waals surface area (Å²) in [5.74, 6) is 2.11. The average molecular weight is 327 g/mol. The fourth-order valence-electron chi connectivity index (χ4n) is 2.06. The molecule has 7 heteroatoms.